The molecule has 25 heavy (non-hydrogen) atoms. The third kappa shape index (κ3) is 3.38. The molecule has 0 fully saturated rings. The zero-order valence-electron chi connectivity index (χ0n) is 13.4. The fourth-order valence-electron chi connectivity index (χ4n) is 2.84. The van der Waals surface area contributed by atoms with Gasteiger partial charge in [0.15, 0.2) is 0 Å². The average molecular weight is 351 g/mol. The molecule has 2 aromatic rings. The molecule has 0 bridgehead atoms. The highest BCUT2D eigenvalue weighted by Gasteiger charge is 2.35. The number of nitrogens with zero attached hydrogens (tertiary/aromatic N) is 3. The van der Waals surface area contributed by atoms with Crippen LogP contribution < -0.4 is 4.90 Å². The molecule has 0 spiro atoms. The molecule has 8 heteroatoms. The maximum Gasteiger partial charge on any atom is 0.416 e. The molecule has 0 saturated heterocycles. The number of amides is 1. The fraction of sp³-hybridized carbons (Fsp3) is 0.294. The first kappa shape index (κ1) is 17.1. The van der Waals surface area contributed by atoms with Crippen molar-refractivity contribution in [1.82, 2.24) is 9.88 Å². The van der Waals surface area contributed by atoms with Gasteiger partial charge >= 0.3 is 6.18 Å². The van der Waals surface area contributed by atoms with Crippen LogP contribution in [0.15, 0.2) is 36.5 Å². The van der Waals surface area contributed by atoms with Gasteiger partial charge in [-0.1, -0.05) is 6.07 Å². The SMILES string of the molecule is CN1CCN(Cc2ccc(O)cc2C(F)(F)F)C(=O)c2cccnc21. The first-order valence-electron chi connectivity index (χ1n) is 7.62. The molecular weight excluding hydrogens is 335 g/mol. The molecule has 0 aliphatic carbocycles. The largest absolute Gasteiger partial charge is 0.508 e. The lowest BCUT2D eigenvalue weighted by Gasteiger charge is -2.23. The number of hydrogen-bond donors (Lipinski definition) is 1. The zero-order chi connectivity index (χ0) is 18.2. The summed E-state index contributed by atoms with van der Waals surface area (Å²) in [6.45, 7) is 0.523. The predicted molar refractivity (Wildman–Crippen MR) is 85.4 cm³/mol. The van der Waals surface area contributed by atoms with E-state index in [1.54, 1.807) is 30.3 Å². The molecule has 2 heterocycles. The number of rotatable bonds is 2. The Morgan fingerprint density at radius 1 is 1.24 bits per heavy atom. The van der Waals surface area contributed by atoms with E-state index in [-0.39, 0.29) is 24.6 Å². The number of aromatic hydroxyl groups is 1. The molecule has 1 aliphatic rings. The van der Waals surface area contributed by atoms with Gasteiger partial charge in [0.2, 0.25) is 0 Å². The third-order valence-corrected chi connectivity index (χ3v) is 4.13. The van der Waals surface area contributed by atoms with E-state index >= 15 is 0 Å². The van der Waals surface area contributed by atoms with Gasteiger partial charge in [-0.25, -0.2) is 4.98 Å². The Balaban J connectivity index is 1.96. The van der Waals surface area contributed by atoms with Crippen LogP contribution in [0.5, 0.6) is 5.75 Å². The number of anilines is 1. The summed E-state index contributed by atoms with van der Waals surface area (Å²) in [6.07, 6.45) is -3.04. The van der Waals surface area contributed by atoms with Crippen LogP contribution in [0.3, 0.4) is 0 Å². The number of fused-ring (bicyclic) bond motifs is 1. The van der Waals surface area contributed by atoms with Gasteiger partial charge in [0, 0.05) is 32.9 Å². The van der Waals surface area contributed by atoms with Crippen molar-refractivity contribution in [3.63, 3.8) is 0 Å². The normalized spacial score (nSPS) is 15.1. The van der Waals surface area contributed by atoms with Gasteiger partial charge in [0.25, 0.3) is 5.91 Å². The average Bonchev–Trinajstić information content (AvgIpc) is 2.68. The predicted octanol–water partition coefficient (Wildman–Crippen LogP) is 2.90. The van der Waals surface area contributed by atoms with Crippen LogP contribution in [0, 0.1) is 0 Å². The second-order valence-electron chi connectivity index (χ2n) is 5.86. The van der Waals surface area contributed by atoms with Crippen molar-refractivity contribution in [3.8, 4) is 5.75 Å². The quantitative estimate of drug-likeness (QED) is 0.904. The summed E-state index contributed by atoms with van der Waals surface area (Å²) in [7, 11) is 1.78. The molecule has 0 unspecified atom stereocenters. The zero-order valence-corrected chi connectivity index (χ0v) is 13.4. The minimum absolute atomic E-state index is 0.0614. The Morgan fingerprint density at radius 2 is 2.00 bits per heavy atom. The van der Waals surface area contributed by atoms with Gasteiger partial charge in [0.05, 0.1) is 11.1 Å². The summed E-state index contributed by atoms with van der Waals surface area (Å²) in [4.78, 5) is 20.1. The van der Waals surface area contributed by atoms with Crippen molar-refractivity contribution in [3.05, 3.63) is 53.2 Å². The molecule has 0 saturated carbocycles. The maximum atomic E-state index is 13.2. The van der Waals surface area contributed by atoms with Gasteiger partial charge in [-0.15, -0.1) is 0 Å². The van der Waals surface area contributed by atoms with E-state index < -0.39 is 17.5 Å². The Hall–Kier alpha value is -2.77. The Kier molecular flexibility index (Phi) is 4.28. The summed E-state index contributed by atoms with van der Waals surface area (Å²) in [5.74, 6) is -0.321. The van der Waals surface area contributed by atoms with E-state index in [1.165, 1.54) is 17.0 Å². The van der Waals surface area contributed by atoms with E-state index in [0.29, 0.717) is 24.0 Å². The first-order chi connectivity index (χ1) is 11.8. The highest BCUT2D eigenvalue weighted by Crippen LogP contribution is 2.35. The van der Waals surface area contributed by atoms with E-state index in [2.05, 4.69) is 4.98 Å². The van der Waals surface area contributed by atoms with E-state index in [4.69, 9.17) is 0 Å². The van der Waals surface area contributed by atoms with Crippen molar-refractivity contribution in [2.24, 2.45) is 0 Å². The topological polar surface area (TPSA) is 56.7 Å². The number of phenols is 1. The summed E-state index contributed by atoms with van der Waals surface area (Å²) >= 11 is 0. The van der Waals surface area contributed by atoms with Crippen LogP contribution >= 0.6 is 0 Å². The number of hydrogen-bond acceptors (Lipinski definition) is 4. The van der Waals surface area contributed by atoms with Crippen molar-refractivity contribution >= 4 is 11.7 Å². The highest BCUT2D eigenvalue weighted by molar-refractivity contribution is 5.99. The van der Waals surface area contributed by atoms with Gasteiger partial charge in [0.1, 0.15) is 11.6 Å². The number of phenolic OH excluding ortho intramolecular Hbond substituents is 1. The minimum atomic E-state index is -4.61. The lowest BCUT2D eigenvalue weighted by Crippen LogP contribution is -2.34. The highest BCUT2D eigenvalue weighted by atomic mass is 19.4. The Morgan fingerprint density at radius 3 is 2.72 bits per heavy atom. The van der Waals surface area contributed by atoms with Gasteiger partial charge in [-0.3, -0.25) is 4.79 Å². The number of halogens is 3. The van der Waals surface area contributed by atoms with Crippen molar-refractivity contribution in [2.45, 2.75) is 12.7 Å². The van der Waals surface area contributed by atoms with Gasteiger partial charge in [-0.2, -0.15) is 13.2 Å². The summed E-state index contributed by atoms with van der Waals surface area (Å²) in [6, 6.07) is 6.30. The number of carbonyl (C=O) groups is 1. The summed E-state index contributed by atoms with van der Waals surface area (Å²) < 4.78 is 39.7. The summed E-state index contributed by atoms with van der Waals surface area (Å²) in [5, 5.41) is 9.37. The maximum absolute atomic E-state index is 13.2. The lowest BCUT2D eigenvalue weighted by atomic mass is 10.1. The standard InChI is InChI=1S/C17H16F3N3O2/c1-22-7-8-23(16(25)13-3-2-6-21-15(13)22)10-11-4-5-12(24)9-14(11)17(18,19)20/h2-6,9,24H,7-8,10H2,1H3. The van der Waals surface area contributed by atoms with E-state index in [1.807, 2.05) is 0 Å². The van der Waals surface area contributed by atoms with Crippen LogP contribution in [-0.4, -0.2) is 41.0 Å². The molecule has 1 amide bonds. The number of aromatic nitrogens is 1. The van der Waals surface area contributed by atoms with Crippen LogP contribution in [0.25, 0.3) is 0 Å². The lowest BCUT2D eigenvalue weighted by molar-refractivity contribution is -0.138. The number of alkyl halides is 3. The minimum Gasteiger partial charge on any atom is -0.508 e. The molecule has 1 aromatic carbocycles. The molecule has 5 nitrogen and oxygen atoms in total. The Labute approximate surface area is 142 Å². The van der Waals surface area contributed by atoms with Crippen molar-refractivity contribution in [1.29, 1.82) is 0 Å². The second kappa shape index (κ2) is 6.27. The second-order valence-corrected chi connectivity index (χ2v) is 5.86. The molecule has 132 valence electrons. The van der Waals surface area contributed by atoms with Crippen molar-refractivity contribution < 1.29 is 23.1 Å². The van der Waals surface area contributed by atoms with Crippen LogP contribution in [-0.2, 0) is 12.7 Å². The van der Waals surface area contributed by atoms with Gasteiger partial charge < -0.3 is 14.9 Å². The molecule has 0 atom stereocenters. The number of carbonyl (C=O) groups excluding carboxylic acids is 1. The molecule has 1 aliphatic heterocycles. The first-order valence-corrected chi connectivity index (χ1v) is 7.62. The molecular formula is C17H16F3N3O2. The molecule has 1 aromatic heterocycles. The van der Waals surface area contributed by atoms with E-state index in [9.17, 15) is 23.1 Å². The number of likely N-dealkylation sites (N-methyl/N-ethyl adjacent to an activating group) is 1. The third-order valence-electron chi connectivity index (χ3n) is 4.13. The van der Waals surface area contributed by atoms with Gasteiger partial charge in [-0.05, 0) is 29.8 Å². The van der Waals surface area contributed by atoms with Crippen LogP contribution in [0.4, 0.5) is 19.0 Å². The van der Waals surface area contributed by atoms with Crippen LogP contribution in [0.1, 0.15) is 21.5 Å². The Bertz CT molecular complexity index is 808. The van der Waals surface area contributed by atoms with Crippen molar-refractivity contribution in [2.75, 3.05) is 25.0 Å². The summed E-state index contributed by atoms with van der Waals surface area (Å²) in [5.41, 5.74) is -0.646. The van der Waals surface area contributed by atoms with Crippen LogP contribution in [0.2, 0.25) is 0 Å². The van der Waals surface area contributed by atoms with E-state index in [0.717, 1.165) is 0 Å². The smallest absolute Gasteiger partial charge is 0.416 e. The number of benzene rings is 1. The molecule has 1 N–H and O–H groups in total. The molecule has 3 rings (SSSR count). The molecule has 0 radical (unpaired) electrons. The fourth-order valence-corrected chi connectivity index (χ4v) is 2.84. The monoisotopic (exact) mass is 351 g/mol. The number of pyridine rings is 1.